The van der Waals surface area contributed by atoms with Gasteiger partial charge in [-0.05, 0) is 140 Å². The molecule has 5 aromatic carbocycles. The molecule has 8 aromatic rings. The predicted molar refractivity (Wildman–Crippen MR) is 224 cm³/mol. The Balaban J connectivity index is 1.12. The van der Waals surface area contributed by atoms with Crippen molar-refractivity contribution < 1.29 is 0 Å². The van der Waals surface area contributed by atoms with Gasteiger partial charge in [0.25, 0.3) is 0 Å². The average molecular weight is 692 g/mol. The van der Waals surface area contributed by atoms with Crippen molar-refractivity contribution in [3.05, 3.63) is 206 Å². The van der Waals surface area contributed by atoms with Crippen LogP contribution in [0.4, 0.5) is 0 Å². The Hall–Kier alpha value is -6.97. The highest BCUT2D eigenvalue weighted by molar-refractivity contribution is 5.85. The molecule has 0 aliphatic heterocycles. The molecule has 256 valence electrons. The number of pyridine rings is 3. The predicted octanol–water partition coefficient (Wildman–Crippen LogP) is 13.3. The molecule has 0 bridgehead atoms. The van der Waals surface area contributed by atoms with Crippen LogP contribution in [0.15, 0.2) is 201 Å². The quantitative estimate of drug-likeness (QED) is 0.159. The van der Waals surface area contributed by atoms with Crippen LogP contribution in [-0.4, -0.2) is 15.0 Å². The van der Waals surface area contributed by atoms with E-state index in [1.54, 1.807) is 0 Å². The third kappa shape index (κ3) is 7.08. The lowest BCUT2D eigenvalue weighted by Gasteiger charge is -2.14. The van der Waals surface area contributed by atoms with Crippen LogP contribution in [0.25, 0.3) is 83.7 Å². The van der Waals surface area contributed by atoms with E-state index < -0.39 is 0 Å². The fourth-order valence-corrected chi connectivity index (χ4v) is 7.21. The maximum Gasteiger partial charge on any atom is 0.0716 e. The van der Waals surface area contributed by atoms with Gasteiger partial charge in [-0.15, -0.1) is 0 Å². The number of benzene rings is 5. The van der Waals surface area contributed by atoms with Gasteiger partial charge in [0.05, 0.1) is 11.4 Å². The number of hydrogen-bond donors (Lipinski definition) is 0. The molecule has 3 heterocycles. The highest BCUT2D eigenvalue weighted by Crippen LogP contribution is 2.37. The second-order valence-electron chi connectivity index (χ2n) is 13.6. The van der Waals surface area contributed by atoms with E-state index in [-0.39, 0.29) is 0 Å². The van der Waals surface area contributed by atoms with Gasteiger partial charge < -0.3 is 0 Å². The largest absolute Gasteiger partial charge is 0.265 e. The molecule has 0 N–H and O–H groups in total. The summed E-state index contributed by atoms with van der Waals surface area (Å²) >= 11 is 0. The first-order valence-corrected chi connectivity index (χ1v) is 18.5. The molecule has 9 rings (SSSR count). The van der Waals surface area contributed by atoms with Crippen molar-refractivity contribution >= 4 is 5.57 Å². The lowest BCUT2D eigenvalue weighted by Crippen LogP contribution is -1.92. The minimum absolute atomic E-state index is 0.906. The van der Waals surface area contributed by atoms with Crippen molar-refractivity contribution in [3.8, 4) is 78.1 Å². The molecule has 0 atom stereocenters. The van der Waals surface area contributed by atoms with Gasteiger partial charge in [-0.25, -0.2) is 4.98 Å². The van der Waals surface area contributed by atoms with Gasteiger partial charge in [-0.2, -0.15) is 0 Å². The smallest absolute Gasteiger partial charge is 0.0716 e. The molecule has 1 aliphatic carbocycles. The van der Waals surface area contributed by atoms with E-state index in [1.807, 2.05) is 49.1 Å². The van der Waals surface area contributed by atoms with Crippen LogP contribution >= 0.6 is 0 Å². The van der Waals surface area contributed by atoms with Crippen molar-refractivity contribution in [3.63, 3.8) is 0 Å². The minimum atomic E-state index is 0.906. The van der Waals surface area contributed by atoms with Gasteiger partial charge in [0.15, 0.2) is 0 Å². The molecule has 3 nitrogen and oxygen atoms in total. The number of allylic oxidation sites excluding steroid dienone is 4. The fourth-order valence-electron chi connectivity index (χ4n) is 7.21. The van der Waals surface area contributed by atoms with Gasteiger partial charge in [-0.3, -0.25) is 9.97 Å². The Kier molecular flexibility index (Phi) is 9.11. The first kappa shape index (κ1) is 32.9. The summed E-state index contributed by atoms with van der Waals surface area (Å²) in [6, 6.07) is 56.7. The SMILES string of the molecule is C1=CC(c2cccc(-c3cc(-c4ccc(-c5ccccc5)cc4)cc(-c4ccc(-c5cc(-c6ccncc6)nc(-c6ccncc6)c5)cc4)c3)c2)=CCC1. The van der Waals surface area contributed by atoms with E-state index in [1.165, 1.54) is 50.1 Å². The Morgan fingerprint density at radius 2 is 0.741 bits per heavy atom. The number of rotatable bonds is 8. The summed E-state index contributed by atoms with van der Waals surface area (Å²) in [4.78, 5) is 13.5. The normalized spacial score (nSPS) is 12.3. The molecule has 0 spiro atoms. The van der Waals surface area contributed by atoms with Crippen molar-refractivity contribution in [1.82, 2.24) is 15.0 Å². The van der Waals surface area contributed by atoms with Crippen molar-refractivity contribution in [2.75, 3.05) is 0 Å². The molecule has 0 fully saturated rings. The Labute approximate surface area is 316 Å². The molecule has 1 aliphatic rings. The Morgan fingerprint density at radius 1 is 0.315 bits per heavy atom. The lowest BCUT2D eigenvalue weighted by atomic mass is 9.90. The van der Waals surface area contributed by atoms with E-state index in [9.17, 15) is 0 Å². The van der Waals surface area contributed by atoms with Crippen LogP contribution in [0.3, 0.4) is 0 Å². The molecule has 54 heavy (non-hydrogen) atoms. The third-order valence-electron chi connectivity index (χ3n) is 10.1. The summed E-state index contributed by atoms with van der Waals surface area (Å²) in [5.41, 5.74) is 18.2. The molecule has 0 radical (unpaired) electrons. The standard InChI is InChI=1S/C51H37N3/c1-3-8-36(9-4-1)38-14-16-39(17-15-38)46-31-47(33-48(32-46)45-13-7-12-44(30-45)37-10-5-2-6-11-37)40-18-20-41(21-19-40)49-34-50(42-22-26-52-27-23-42)54-51(35-49)43-24-28-53-29-25-43/h1,3-5,7-35H,2,6H2. The van der Waals surface area contributed by atoms with Crippen LogP contribution in [0.1, 0.15) is 18.4 Å². The van der Waals surface area contributed by atoms with Crippen LogP contribution in [0.2, 0.25) is 0 Å². The molecule has 0 amide bonds. The molecule has 3 aromatic heterocycles. The van der Waals surface area contributed by atoms with E-state index in [2.05, 4.69) is 162 Å². The summed E-state index contributed by atoms with van der Waals surface area (Å²) in [7, 11) is 0. The number of hydrogen-bond acceptors (Lipinski definition) is 3. The summed E-state index contributed by atoms with van der Waals surface area (Å²) < 4.78 is 0. The molecule has 0 saturated heterocycles. The second kappa shape index (κ2) is 14.9. The van der Waals surface area contributed by atoms with Crippen LogP contribution in [0.5, 0.6) is 0 Å². The molecule has 0 saturated carbocycles. The second-order valence-corrected chi connectivity index (χ2v) is 13.6. The highest BCUT2D eigenvalue weighted by Gasteiger charge is 2.13. The first-order chi connectivity index (χ1) is 26.7. The zero-order valence-electron chi connectivity index (χ0n) is 29.8. The topological polar surface area (TPSA) is 38.7 Å². The maximum absolute atomic E-state index is 5.04. The lowest BCUT2D eigenvalue weighted by molar-refractivity contribution is 1.04. The monoisotopic (exact) mass is 691 g/mol. The molecule has 0 unspecified atom stereocenters. The highest BCUT2D eigenvalue weighted by atomic mass is 14.7. The van der Waals surface area contributed by atoms with Crippen LogP contribution < -0.4 is 0 Å². The summed E-state index contributed by atoms with van der Waals surface area (Å²) in [6.07, 6.45) is 16.3. The van der Waals surface area contributed by atoms with Crippen LogP contribution in [-0.2, 0) is 0 Å². The summed E-state index contributed by atoms with van der Waals surface area (Å²) in [5.74, 6) is 0. The molecular weight excluding hydrogens is 655 g/mol. The number of aromatic nitrogens is 3. The van der Waals surface area contributed by atoms with Crippen LogP contribution in [0, 0.1) is 0 Å². The Bertz CT molecular complexity index is 2550. The average Bonchev–Trinajstić information content (AvgIpc) is 3.27. The van der Waals surface area contributed by atoms with E-state index in [4.69, 9.17) is 4.98 Å². The van der Waals surface area contributed by atoms with E-state index in [0.717, 1.165) is 52.0 Å². The van der Waals surface area contributed by atoms with E-state index in [0.29, 0.717) is 0 Å². The molecule has 3 heteroatoms. The number of nitrogens with zero attached hydrogens (tertiary/aromatic N) is 3. The summed E-state index contributed by atoms with van der Waals surface area (Å²) in [6.45, 7) is 0. The van der Waals surface area contributed by atoms with Crippen molar-refractivity contribution in [2.45, 2.75) is 12.8 Å². The first-order valence-electron chi connectivity index (χ1n) is 18.5. The van der Waals surface area contributed by atoms with E-state index >= 15 is 0 Å². The fraction of sp³-hybridized carbons (Fsp3) is 0.0392. The zero-order valence-corrected chi connectivity index (χ0v) is 29.8. The van der Waals surface area contributed by atoms with Gasteiger partial charge in [-0.1, -0.05) is 115 Å². The van der Waals surface area contributed by atoms with Crippen molar-refractivity contribution in [1.29, 1.82) is 0 Å². The van der Waals surface area contributed by atoms with Gasteiger partial charge in [0.2, 0.25) is 0 Å². The maximum atomic E-state index is 5.04. The van der Waals surface area contributed by atoms with Gasteiger partial charge >= 0.3 is 0 Å². The third-order valence-corrected chi connectivity index (χ3v) is 10.1. The van der Waals surface area contributed by atoms with Crippen molar-refractivity contribution in [2.24, 2.45) is 0 Å². The van der Waals surface area contributed by atoms with Gasteiger partial charge in [0.1, 0.15) is 0 Å². The minimum Gasteiger partial charge on any atom is -0.265 e. The Morgan fingerprint density at radius 3 is 1.26 bits per heavy atom. The summed E-state index contributed by atoms with van der Waals surface area (Å²) in [5, 5.41) is 0. The molecular formula is C51H37N3. The van der Waals surface area contributed by atoms with Gasteiger partial charge in [0, 0.05) is 35.9 Å². The zero-order chi connectivity index (χ0) is 36.1.